The highest BCUT2D eigenvalue weighted by Crippen LogP contribution is 2.41. The number of hydrogen-bond acceptors (Lipinski definition) is 5. The highest BCUT2D eigenvalue weighted by Gasteiger charge is 2.46. The number of ketones is 1. The first-order valence-electron chi connectivity index (χ1n) is 10.8. The Kier molecular flexibility index (Phi) is 6.55. The molecule has 1 atom stereocenters. The van der Waals surface area contributed by atoms with Crippen LogP contribution < -0.4 is 0 Å². The van der Waals surface area contributed by atoms with Crippen molar-refractivity contribution in [2.75, 3.05) is 39.4 Å². The van der Waals surface area contributed by atoms with Crippen LogP contribution in [-0.4, -0.2) is 71.0 Å². The maximum atomic E-state index is 13.2. The molecule has 3 heterocycles. The summed E-state index contributed by atoms with van der Waals surface area (Å²) in [7, 11) is 0. The molecule has 32 heavy (non-hydrogen) atoms. The minimum atomic E-state index is -0.650. The van der Waals surface area contributed by atoms with Crippen molar-refractivity contribution in [2.24, 2.45) is 0 Å². The van der Waals surface area contributed by atoms with E-state index in [1.807, 2.05) is 45.0 Å². The molecule has 1 amide bonds. The summed E-state index contributed by atoms with van der Waals surface area (Å²) in [6, 6.07) is 6.90. The van der Waals surface area contributed by atoms with E-state index in [1.165, 1.54) is 0 Å². The summed E-state index contributed by atoms with van der Waals surface area (Å²) in [6.07, 6.45) is 0. The van der Waals surface area contributed by atoms with Crippen molar-refractivity contribution in [3.05, 3.63) is 62.4 Å². The van der Waals surface area contributed by atoms with E-state index in [1.54, 1.807) is 4.90 Å². The zero-order chi connectivity index (χ0) is 23.0. The molecule has 0 aliphatic carbocycles. The lowest BCUT2D eigenvalue weighted by Crippen LogP contribution is -2.42. The number of benzene rings is 1. The lowest BCUT2D eigenvalue weighted by molar-refractivity contribution is -0.140. The van der Waals surface area contributed by atoms with Crippen LogP contribution in [0.2, 0.25) is 0 Å². The van der Waals surface area contributed by atoms with Crippen molar-refractivity contribution in [3.63, 3.8) is 0 Å². The number of aliphatic hydroxyl groups excluding tert-OH is 1. The molecule has 7 nitrogen and oxygen atoms in total. The van der Waals surface area contributed by atoms with Gasteiger partial charge in [0.1, 0.15) is 5.76 Å². The molecule has 2 aliphatic rings. The maximum absolute atomic E-state index is 13.2. The van der Waals surface area contributed by atoms with E-state index in [4.69, 9.17) is 4.74 Å². The van der Waals surface area contributed by atoms with E-state index in [-0.39, 0.29) is 11.3 Å². The average molecular weight is 502 g/mol. The van der Waals surface area contributed by atoms with Crippen molar-refractivity contribution < 1.29 is 19.4 Å². The van der Waals surface area contributed by atoms with Gasteiger partial charge in [0.05, 0.1) is 24.8 Å². The Morgan fingerprint density at radius 3 is 2.50 bits per heavy atom. The summed E-state index contributed by atoms with van der Waals surface area (Å²) >= 11 is 3.50. The summed E-state index contributed by atoms with van der Waals surface area (Å²) < 4.78 is 6.26. The van der Waals surface area contributed by atoms with Gasteiger partial charge in [-0.15, -0.1) is 0 Å². The standard InChI is InChI=1S/C24H28BrN3O4/c1-14-15(2)26-16(3)19(14)22(29)20-21(17-5-4-6-18(25)13-17)28(24(31)23(20)30)8-7-27-9-11-32-12-10-27/h4-6,13,21,26,29H,7-12H2,1-3H3/b22-20+. The fourth-order valence-electron chi connectivity index (χ4n) is 4.60. The van der Waals surface area contributed by atoms with Gasteiger partial charge in [-0.25, -0.2) is 0 Å². The van der Waals surface area contributed by atoms with Crippen LogP contribution in [-0.2, 0) is 14.3 Å². The molecule has 0 radical (unpaired) electrons. The van der Waals surface area contributed by atoms with Gasteiger partial charge in [0.25, 0.3) is 11.7 Å². The first-order chi connectivity index (χ1) is 15.3. The molecule has 2 saturated heterocycles. The van der Waals surface area contributed by atoms with Crippen LogP contribution in [0, 0.1) is 20.8 Å². The Labute approximate surface area is 196 Å². The second kappa shape index (κ2) is 9.21. The van der Waals surface area contributed by atoms with E-state index in [0.717, 1.165) is 40.1 Å². The van der Waals surface area contributed by atoms with Crippen molar-refractivity contribution in [3.8, 4) is 0 Å². The third-order valence-electron chi connectivity index (χ3n) is 6.39. The second-order valence-corrected chi connectivity index (χ2v) is 9.29. The number of ether oxygens (including phenoxy) is 1. The number of halogens is 1. The van der Waals surface area contributed by atoms with E-state index in [9.17, 15) is 14.7 Å². The Balaban J connectivity index is 1.79. The number of nitrogens with one attached hydrogen (secondary N) is 1. The molecule has 1 unspecified atom stereocenters. The number of aryl methyl sites for hydroxylation is 2. The largest absolute Gasteiger partial charge is 0.507 e. The van der Waals surface area contributed by atoms with E-state index >= 15 is 0 Å². The molecule has 0 saturated carbocycles. The number of aromatic nitrogens is 1. The van der Waals surface area contributed by atoms with Crippen LogP contribution in [0.1, 0.15) is 34.1 Å². The van der Waals surface area contributed by atoms with E-state index in [2.05, 4.69) is 25.8 Å². The van der Waals surface area contributed by atoms with Crippen LogP contribution in [0.15, 0.2) is 34.3 Å². The number of carbonyl (C=O) groups excluding carboxylic acids is 2. The Hall–Kier alpha value is -2.42. The first-order valence-corrected chi connectivity index (χ1v) is 11.6. The number of H-pyrrole nitrogens is 1. The van der Waals surface area contributed by atoms with Crippen molar-refractivity contribution in [2.45, 2.75) is 26.8 Å². The fourth-order valence-corrected chi connectivity index (χ4v) is 5.02. The molecule has 4 rings (SSSR count). The Morgan fingerprint density at radius 1 is 1.16 bits per heavy atom. The van der Waals surface area contributed by atoms with Crippen LogP contribution in [0.25, 0.3) is 5.76 Å². The van der Waals surface area contributed by atoms with Crippen LogP contribution >= 0.6 is 15.9 Å². The zero-order valence-corrected chi connectivity index (χ0v) is 20.2. The molecular formula is C24H28BrN3O4. The number of likely N-dealkylation sites (tertiary alicyclic amines) is 1. The Morgan fingerprint density at radius 2 is 1.88 bits per heavy atom. The number of carbonyl (C=O) groups is 2. The highest BCUT2D eigenvalue weighted by molar-refractivity contribution is 9.10. The van der Waals surface area contributed by atoms with Crippen molar-refractivity contribution in [1.29, 1.82) is 0 Å². The number of rotatable bonds is 5. The summed E-state index contributed by atoms with van der Waals surface area (Å²) in [5.74, 6) is -1.35. The minimum absolute atomic E-state index is 0.124. The maximum Gasteiger partial charge on any atom is 0.295 e. The monoisotopic (exact) mass is 501 g/mol. The smallest absolute Gasteiger partial charge is 0.295 e. The zero-order valence-electron chi connectivity index (χ0n) is 18.6. The van der Waals surface area contributed by atoms with Crippen molar-refractivity contribution in [1.82, 2.24) is 14.8 Å². The number of amides is 1. The Bertz CT molecular complexity index is 1080. The van der Waals surface area contributed by atoms with Gasteiger partial charge in [-0.2, -0.15) is 0 Å². The summed E-state index contributed by atoms with van der Waals surface area (Å²) in [5, 5.41) is 11.3. The number of nitrogens with zero attached hydrogens (tertiary/aromatic N) is 2. The predicted molar refractivity (Wildman–Crippen MR) is 125 cm³/mol. The second-order valence-electron chi connectivity index (χ2n) is 8.38. The van der Waals surface area contributed by atoms with Gasteiger partial charge >= 0.3 is 0 Å². The van der Waals surface area contributed by atoms with Gasteiger partial charge < -0.3 is 19.7 Å². The number of aliphatic hydroxyl groups is 1. The SMILES string of the molecule is Cc1[nH]c(C)c(/C(O)=C2\C(=O)C(=O)N(CCN3CCOCC3)C2c2cccc(Br)c2)c1C. The predicted octanol–water partition coefficient (Wildman–Crippen LogP) is 3.46. The van der Waals surface area contributed by atoms with Crippen LogP contribution in [0.5, 0.6) is 0 Å². The molecule has 2 N–H and O–H groups in total. The number of hydrogen-bond donors (Lipinski definition) is 2. The fraction of sp³-hybridized carbons (Fsp3) is 0.417. The molecule has 170 valence electrons. The molecule has 1 aromatic heterocycles. The number of aromatic amines is 1. The van der Waals surface area contributed by atoms with Crippen molar-refractivity contribution >= 4 is 33.4 Å². The van der Waals surface area contributed by atoms with Crippen LogP contribution in [0.3, 0.4) is 0 Å². The quantitative estimate of drug-likeness (QED) is 0.372. The third-order valence-corrected chi connectivity index (χ3v) is 6.88. The molecule has 8 heteroatoms. The average Bonchev–Trinajstić information content (AvgIpc) is 3.18. The summed E-state index contributed by atoms with van der Waals surface area (Å²) in [4.78, 5) is 33.4. The van der Waals surface area contributed by atoms with Crippen LogP contribution in [0.4, 0.5) is 0 Å². The number of morpholine rings is 1. The summed E-state index contributed by atoms with van der Waals surface area (Å²) in [5.41, 5.74) is 4.07. The molecule has 2 aromatic rings. The van der Waals surface area contributed by atoms with Gasteiger partial charge in [-0.3, -0.25) is 14.5 Å². The lowest BCUT2D eigenvalue weighted by atomic mass is 9.94. The van der Waals surface area contributed by atoms with Gasteiger partial charge in [-0.05, 0) is 44.0 Å². The minimum Gasteiger partial charge on any atom is -0.507 e. The molecule has 2 aliphatic heterocycles. The van der Waals surface area contributed by atoms with Gasteiger partial charge in [0.15, 0.2) is 0 Å². The van der Waals surface area contributed by atoms with Gasteiger partial charge in [0, 0.05) is 47.6 Å². The normalized spacial score (nSPS) is 21.5. The molecule has 0 bridgehead atoms. The summed E-state index contributed by atoms with van der Waals surface area (Å²) in [6.45, 7) is 9.64. The molecule has 1 aromatic carbocycles. The number of Topliss-reactive ketones (excluding diaryl/α,β-unsaturated/α-hetero) is 1. The van der Waals surface area contributed by atoms with E-state index < -0.39 is 17.7 Å². The molecule has 0 spiro atoms. The van der Waals surface area contributed by atoms with Gasteiger partial charge in [0.2, 0.25) is 0 Å². The lowest BCUT2D eigenvalue weighted by Gasteiger charge is -2.31. The molecule has 2 fully saturated rings. The first kappa shape index (κ1) is 22.8. The van der Waals surface area contributed by atoms with E-state index in [0.29, 0.717) is 31.9 Å². The molecular weight excluding hydrogens is 474 g/mol. The highest BCUT2D eigenvalue weighted by atomic mass is 79.9. The topological polar surface area (TPSA) is 85.9 Å². The third kappa shape index (κ3) is 4.14. The van der Waals surface area contributed by atoms with Gasteiger partial charge in [-0.1, -0.05) is 28.1 Å².